The maximum absolute atomic E-state index is 10.3. The Balaban J connectivity index is 0.000000810. The molecule has 3 nitrogen and oxygen atoms in total. The molecule has 1 rings (SSSR count). The van der Waals surface area contributed by atoms with Crippen LogP contribution in [0.15, 0.2) is 0 Å². The predicted molar refractivity (Wildman–Crippen MR) is 43.7 cm³/mol. The quantitative estimate of drug-likeness (QED) is 0.615. The first-order valence-corrected chi connectivity index (χ1v) is 3.86. The van der Waals surface area contributed by atoms with E-state index >= 15 is 0 Å². The molecule has 3 N–H and O–H groups in total. The summed E-state index contributed by atoms with van der Waals surface area (Å²) in [5.74, 6) is 0.114. The molecular weight excluding hydrogens is 174 g/mol. The fourth-order valence-corrected chi connectivity index (χ4v) is 2.05. The second-order valence-electron chi connectivity index (χ2n) is 2.08. The van der Waals surface area contributed by atoms with E-state index in [2.05, 4.69) is 0 Å². The highest BCUT2D eigenvalue weighted by molar-refractivity contribution is 8.00. The third-order valence-corrected chi connectivity index (χ3v) is 2.76. The molecule has 1 aliphatic rings. The minimum Gasteiger partial charge on any atom is -0.480 e. The van der Waals surface area contributed by atoms with Gasteiger partial charge in [0, 0.05) is 6.04 Å². The summed E-state index contributed by atoms with van der Waals surface area (Å²) in [7, 11) is 0. The summed E-state index contributed by atoms with van der Waals surface area (Å²) >= 11 is 1.43. The molecule has 2 unspecified atom stereocenters. The lowest BCUT2D eigenvalue weighted by Crippen LogP contribution is -2.33. The Morgan fingerprint density at radius 1 is 1.70 bits per heavy atom. The Morgan fingerprint density at radius 3 is 2.50 bits per heavy atom. The Hall–Kier alpha value is 0.0700. The van der Waals surface area contributed by atoms with Crippen LogP contribution in [0.1, 0.15) is 6.42 Å². The maximum Gasteiger partial charge on any atom is 0.318 e. The van der Waals surface area contributed by atoms with Crippen molar-refractivity contribution < 1.29 is 9.90 Å². The maximum atomic E-state index is 10.3. The molecule has 1 aliphatic heterocycles. The number of aliphatic carboxylic acids is 1. The summed E-state index contributed by atoms with van der Waals surface area (Å²) in [6.07, 6.45) is 0.835. The largest absolute Gasteiger partial charge is 0.480 e. The highest BCUT2D eigenvalue weighted by Gasteiger charge is 2.30. The van der Waals surface area contributed by atoms with Crippen LogP contribution >= 0.6 is 24.2 Å². The molecule has 1 heterocycles. The Morgan fingerprint density at radius 2 is 2.30 bits per heavy atom. The van der Waals surface area contributed by atoms with Gasteiger partial charge in [-0.05, 0) is 12.2 Å². The number of hydrogen-bond acceptors (Lipinski definition) is 3. The van der Waals surface area contributed by atoms with Crippen molar-refractivity contribution in [2.45, 2.75) is 17.7 Å². The zero-order valence-corrected chi connectivity index (χ0v) is 6.95. The zero-order chi connectivity index (χ0) is 6.85. The number of carboxylic acids is 1. The van der Waals surface area contributed by atoms with Crippen LogP contribution in [-0.4, -0.2) is 28.1 Å². The lowest BCUT2D eigenvalue weighted by atomic mass is 10.2. The van der Waals surface area contributed by atoms with Crippen LogP contribution in [0.5, 0.6) is 0 Å². The van der Waals surface area contributed by atoms with Gasteiger partial charge in [-0.25, -0.2) is 0 Å². The van der Waals surface area contributed by atoms with Crippen molar-refractivity contribution in [2.24, 2.45) is 5.73 Å². The summed E-state index contributed by atoms with van der Waals surface area (Å²) in [5, 5.41) is 8.13. The van der Waals surface area contributed by atoms with Crippen molar-refractivity contribution in [2.75, 3.05) is 5.75 Å². The normalized spacial score (nSPS) is 31.3. The van der Waals surface area contributed by atoms with Gasteiger partial charge in [0.05, 0.1) is 0 Å². The Bertz CT molecular complexity index is 133. The van der Waals surface area contributed by atoms with Gasteiger partial charge in [-0.3, -0.25) is 4.79 Å². The summed E-state index contributed by atoms with van der Waals surface area (Å²) in [6, 6.07) is -0.132. The van der Waals surface area contributed by atoms with Gasteiger partial charge < -0.3 is 10.8 Å². The van der Waals surface area contributed by atoms with Crippen LogP contribution in [0.25, 0.3) is 0 Å². The standard InChI is InChI=1S/C5H9NO2S.ClH/c6-3-1-2-9-4(3)5(7)8;/h3-4H,1-2,6H2,(H,7,8);1H. The molecular formula is C5H10ClNO2S. The number of thioether (sulfide) groups is 1. The highest BCUT2D eigenvalue weighted by atomic mass is 35.5. The minimum atomic E-state index is -0.773. The fourth-order valence-electron chi connectivity index (χ4n) is 0.860. The molecule has 1 fully saturated rings. The van der Waals surface area contributed by atoms with Crippen LogP contribution < -0.4 is 5.73 Å². The van der Waals surface area contributed by atoms with E-state index in [0.29, 0.717) is 0 Å². The molecule has 10 heavy (non-hydrogen) atoms. The van der Waals surface area contributed by atoms with Crippen molar-refractivity contribution >= 4 is 30.1 Å². The molecule has 60 valence electrons. The van der Waals surface area contributed by atoms with Gasteiger partial charge >= 0.3 is 5.97 Å². The first-order chi connectivity index (χ1) is 4.22. The zero-order valence-electron chi connectivity index (χ0n) is 5.32. The second-order valence-corrected chi connectivity index (χ2v) is 3.33. The molecule has 0 aromatic carbocycles. The third-order valence-electron chi connectivity index (χ3n) is 1.38. The van der Waals surface area contributed by atoms with Crippen LogP contribution in [0.3, 0.4) is 0 Å². The molecule has 5 heteroatoms. The average molecular weight is 184 g/mol. The molecule has 0 amide bonds. The summed E-state index contributed by atoms with van der Waals surface area (Å²) in [4.78, 5) is 10.3. The predicted octanol–water partition coefficient (Wildman–Crippen LogP) is 0.326. The fraction of sp³-hybridized carbons (Fsp3) is 0.800. The number of halogens is 1. The lowest BCUT2D eigenvalue weighted by molar-refractivity contribution is -0.136. The highest BCUT2D eigenvalue weighted by Crippen LogP contribution is 2.25. The van der Waals surface area contributed by atoms with Gasteiger partial charge in [-0.2, -0.15) is 0 Å². The summed E-state index contributed by atoms with van der Waals surface area (Å²) in [6.45, 7) is 0. The summed E-state index contributed by atoms with van der Waals surface area (Å²) < 4.78 is 0. The van der Waals surface area contributed by atoms with Gasteiger partial charge in [-0.1, -0.05) is 0 Å². The molecule has 0 aromatic rings. The van der Waals surface area contributed by atoms with Gasteiger partial charge in [0.2, 0.25) is 0 Å². The molecule has 1 saturated heterocycles. The molecule has 0 aliphatic carbocycles. The van der Waals surface area contributed by atoms with Gasteiger partial charge in [0.25, 0.3) is 0 Å². The van der Waals surface area contributed by atoms with E-state index in [1.165, 1.54) is 11.8 Å². The van der Waals surface area contributed by atoms with E-state index in [1.807, 2.05) is 0 Å². The molecule has 0 bridgehead atoms. The SMILES string of the molecule is Cl.NC1CCSC1C(=O)O. The molecule has 0 saturated carbocycles. The van der Waals surface area contributed by atoms with Gasteiger partial charge in [-0.15, -0.1) is 24.2 Å². The van der Waals surface area contributed by atoms with E-state index in [9.17, 15) is 4.79 Å². The van der Waals surface area contributed by atoms with Crippen LogP contribution in [0, 0.1) is 0 Å². The number of carbonyl (C=O) groups is 1. The Labute approximate surface area is 69.8 Å². The van der Waals surface area contributed by atoms with E-state index in [4.69, 9.17) is 10.8 Å². The first kappa shape index (κ1) is 10.1. The van der Waals surface area contributed by atoms with Crippen molar-refractivity contribution in [1.82, 2.24) is 0 Å². The lowest BCUT2D eigenvalue weighted by Gasteiger charge is -2.06. The van der Waals surface area contributed by atoms with E-state index in [1.54, 1.807) is 0 Å². The van der Waals surface area contributed by atoms with Crippen LogP contribution in [0.4, 0.5) is 0 Å². The van der Waals surface area contributed by atoms with E-state index in [-0.39, 0.29) is 23.7 Å². The number of carboxylic acid groups (broad SMARTS) is 1. The number of hydrogen-bond donors (Lipinski definition) is 2. The average Bonchev–Trinajstić information content (AvgIpc) is 2.13. The first-order valence-electron chi connectivity index (χ1n) is 2.82. The van der Waals surface area contributed by atoms with Crippen molar-refractivity contribution in [3.8, 4) is 0 Å². The van der Waals surface area contributed by atoms with Crippen molar-refractivity contribution in [3.63, 3.8) is 0 Å². The van der Waals surface area contributed by atoms with Crippen molar-refractivity contribution in [1.29, 1.82) is 0 Å². The molecule has 2 atom stereocenters. The molecule has 0 aromatic heterocycles. The number of nitrogens with two attached hydrogens (primary N) is 1. The van der Waals surface area contributed by atoms with Crippen molar-refractivity contribution in [3.05, 3.63) is 0 Å². The second kappa shape index (κ2) is 4.05. The molecule has 0 spiro atoms. The van der Waals surface area contributed by atoms with Crippen LogP contribution in [-0.2, 0) is 4.79 Å². The topological polar surface area (TPSA) is 63.3 Å². The monoisotopic (exact) mass is 183 g/mol. The number of rotatable bonds is 1. The van der Waals surface area contributed by atoms with Gasteiger partial charge in [0.1, 0.15) is 5.25 Å². The van der Waals surface area contributed by atoms with Crippen LogP contribution in [0.2, 0.25) is 0 Å². The minimum absolute atomic E-state index is 0. The molecule has 0 radical (unpaired) electrons. The Kier molecular flexibility index (Phi) is 4.08. The van der Waals surface area contributed by atoms with E-state index in [0.717, 1.165) is 12.2 Å². The third kappa shape index (κ3) is 2.04. The van der Waals surface area contributed by atoms with Gasteiger partial charge in [0.15, 0.2) is 0 Å². The summed E-state index contributed by atoms with van der Waals surface area (Å²) in [5.41, 5.74) is 5.48. The van der Waals surface area contributed by atoms with E-state index < -0.39 is 5.97 Å². The smallest absolute Gasteiger partial charge is 0.318 e.